The normalized spacial score (nSPS) is 10.9. The molecule has 1 N–H and O–H groups in total. The summed E-state index contributed by atoms with van der Waals surface area (Å²) in [5, 5.41) is 2.68. The SMILES string of the molecule is CCc1cc(OCC(=O)Nc2ccncc2)cc(OS(=O)(=O)c2ccccc2)c1. The summed E-state index contributed by atoms with van der Waals surface area (Å²) in [6.07, 6.45) is 3.78. The van der Waals surface area contributed by atoms with Crippen molar-refractivity contribution in [2.45, 2.75) is 18.2 Å². The van der Waals surface area contributed by atoms with Gasteiger partial charge in [0.25, 0.3) is 5.91 Å². The molecule has 0 unspecified atom stereocenters. The van der Waals surface area contributed by atoms with Gasteiger partial charge in [0, 0.05) is 24.1 Å². The molecule has 0 atom stereocenters. The van der Waals surface area contributed by atoms with Crippen molar-refractivity contribution in [3.63, 3.8) is 0 Å². The first-order valence-corrected chi connectivity index (χ1v) is 10.3. The number of pyridine rings is 1. The molecule has 3 rings (SSSR count). The van der Waals surface area contributed by atoms with Crippen molar-refractivity contribution in [1.29, 1.82) is 0 Å². The number of benzene rings is 2. The van der Waals surface area contributed by atoms with Crippen LogP contribution < -0.4 is 14.2 Å². The van der Waals surface area contributed by atoms with E-state index in [1.54, 1.807) is 54.9 Å². The monoisotopic (exact) mass is 412 g/mol. The third-order valence-electron chi connectivity index (χ3n) is 3.92. The summed E-state index contributed by atoms with van der Waals surface area (Å²) in [6.45, 7) is 1.69. The molecule has 1 amide bonds. The fourth-order valence-corrected chi connectivity index (χ4v) is 3.45. The summed E-state index contributed by atoms with van der Waals surface area (Å²) >= 11 is 0. The number of aromatic nitrogens is 1. The zero-order valence-electron chi connectivity index (χ0n) is 15.7. The highest BCUT2D eigenvalue weighted by Crippen LogP contribution is 2.26. The number of rotatable bonds is 8. The average molecular weight is 412 g/mol. The van der Waals surface area contributed by atoms with Crippen LogP contribution in [0.25, 0.3) is 0 Å². The van der Waals surface area contributed by atoms with Crippen LogP contribution in [-0.2, 0) is 21.3 Å². The van der Waals surface area contributed by atoms with Gasteiger partial charge in [-0.15, -0.1) is 0 Å². The number of carbonyl (C=O) groups is 1. The number of nitrogens with one attached hydrogen (secondary N) is 1. The Morgan fingerprint density at radius 2 is 1.69 bits per heavy atom. The average Bonchev–Trinajstić information content (AvgIpc) is 2.73. The second-order valence-corrected chi connectivity index (χ2v) is 7.64. The van der Waals surface area contributed by atoms with E-state index in [0.29, 0.717) is 17.9 Å². The number of hydrogen-bond acceptors (Lipinski definition) is 6. The van der Waals surface area contributed by atoms with Gasteiger partial charge in [-0.3, -0.25) is 9.78 Å². The van der Waals surface area contributed by atoms with E-state index in [0.717, 1.165) is 5.56 Å². The minimum absolute atomic E-state index is 0.0566. The van der Waals surface area contributed by atoms with E-state index in [1.807, 2.05) is 6.92 Å². The molecule has 3 aromatic rings. The van der Waals surface area contributed by atoms with Crippen molar-refractivity contribution in [3.8, 4) is 11.5 Å². The maximum Gasteiger partial charge on any atom is 0.339 e. The highest BCUT2D eigenvalue weighted by molar-refractivity contribution is 7.87. The third kappa shape index (κ3) is 5.79. The Morgan fingerprint density at radius 3 is 2.38 bits per heavy atom. The van der Waals surface area contributed by atoms with Crippen LogP contribution in [-0.4, -0.2) is 25.9 Å². The van der Waals surface area contributed by atoms with Gasteiger partial charge in [0.2, 0.25) is 0 Å². The fourth-order valence-electron chi connectivity index (χ4n) is 2.51. The fraction of sp³-hybridized carbons (Fsp3) is 0.143. The van der Waals surface area contributed by atoms with Crippen LogP contribution >= 0.6 is 0 Å². The van der Waals surface area contributed by atoms with Gasteiger partial charge in [-0.05, 0) is 48.4 Å². The van der Waals surface area contributed by atoms with Crippen molar-refractivity contribution in [2.24, 2.45) is 0 Å². The first kappa shape index (κ1) is 20.3. The van der Waals surface area contributed by atoms with Crippen molar-refractivity contribution in [1.82, 2.24) is 4.98 Å². The number of carbonyl (C=O) groups excluding carboxylic acids is 1. The summed E-state index contributed by atoms with van der Waals surface area (Å²) in [7, 11) is -3.97. The first-order chi connectivity index (χ1) is 14.0. The van der Waals surface area contributed by atoms with Gasteiger partial charge in [-0.2, -0.15) is 8.42 Å². The Labute approximate surface area is 169 Å². The smallest absolute Gasteiger partial charge is 0.339 e. The highest BCUT2D eigenvalue weighted by Gasteiger charge is 2.17. The van der Waals surface area contributed by atoms with Crippen molar-refractivity contribution in [3.05, 3.63) is 78.6 Å². The van der Waals surface area contributed by atoms with Gasteiger partial charge in [0.1, 0.15) is 16.4 Å². The van der Waals surface area contributed by atoms with E-state index in [-0.39, 0.29) is 23.2 Å². The molecule has 0 fully saturated rings. The lowest BCUT2D eigenvalue weighted by Crippen LogP contribution is -2.20. The maximum atomic E-state index is 12.4. The largest absolute Gasteiger partial charge is 0.484 e. The molecule has 2 aromatic carbocycles. The first-order valence-electron chi connectivity index (χ1n) is 8.92. The van der Waals surface area contributed by atoms with Crippen LogP contribution in [0.3, 0.4) is 0 Å². The lowest BCUT2D eigenvalue weighted by molar-refractivity contribution is -0.118. The predicted octanol–water partition coefficient (Wildman–Crippen LogP) is 3.43. The molecule has 0 aliphatic heterocycles. The number of amides is 1. The van der Waals surface area contributed by atoms with Crippen LogP contribution in [0.5, 0.6) is 11.5 Å². The van der Waals surface area contributed by atoms with Crippen LogP contribution in [0.1, 0.15) is 12.5 Å². The quantitative estimate of drug-likeness (QED) is 0.570. The molecule has 150 valence electrons. The van der Waals surface area contributed by atoms with E-state index >= 15 is 0 Å². The zero-order chi connectivity index (χ0) is 20.7. The molecule has 0 bridgehead atoms. The Hall–Kier alpha value is -3.39. The molecule has 0 spiro atoms. The molecule has 0 aliphatic rings. The number of aryl methyl sites for hydroxylation is 1. The van der Waals surface area contributed by atoms with Gasteiger partial charge < -0.3 is 14.2 Å². The Balaban J connectivity index is 1.71. The molecule has 0 radical (unpaired) electrons. The molecular formula is C21H20N2O5S. The molecular weight excluding hydrogens is 392 g/mol. The predicted molar refractivity (Wildman–Crippen MR) is 108 cm³/mol. The molecule has 0 saturated carbocycles. The van der Waals surface area contributed by atoms with E-state index in [4.69, 9.17) is 8.92 Å². The van der Waals surface area contributed by atoms with Crippen molar-refractivity contribution < 1.29 is 22.1 Å². The molecule has 8 heteroatoms. The minimum Gasteiger partial charge on any atom is -0.484 e. The number of ether oxygens (including phenoxy) is 1. The molecule has 29 heavy (non-hydrogen) atoms. The minimum atomic E-state index is -3.97. The van der Waals surface area contributed by atoms with E-state index < -0.39 is 10.1 Å². The summed E-state index contributed by atoms with van der Waals surface area (Å²) in [4.78, 5) is 16.0. The van der Waals surface area contributed by atoms with Crippen molar-refractivity contribution in [2.75, 3.05) is 11.9 Å². The Bertz CT molecular complexity index is 1070. The summed E-state index contributed by atoms with van der Waals surface area (Å²) in [5.41, 5.74) is 1.42. The lowest BCUT2D eigenvalue weighted by Gasteiger charge is -2.12. The van der Waals surface area contributed by atoms with Gasteiger partial charge in [0.15, 0.2) is 6.61 Å². The van der Waals surface area contributed by atoms with E-state index in [1.165, 1.54) is 18.2 Å². The second-order valence-electron chi connectivity index (χ2n) is 6.09. The van der Waals surface area contributed by atoms with Gasteiger partial charge in [0.05, 0.1) is 0 Å². The summed E-state index contributed by atoms with van der Waals surface area (Å²) < 4.78 is 35.7. The molecule has 0 saturated heterocycles. The molecule has 1 aromatic heterocycles. The molecule has 7 nitrogen and oxygen atoms in total. The summed E-state index contributed by atoms with van der Waals surface area (Å²) in [6, 6.07) is 16.0. The van der Waals surface area contributed by atoms with Gasteiger partial charge >= 0.3 is 10.1 Å². The highest BCUT2D eigenvalue weighted by atomic mass is 32.2. The second kappa shape index (κ2) is 9.20. The topological polar surface area (TPSA) is 94.6 Å². The maximum absolute atomic E-state index is 12.4. The van der Waals surface area contributed by atoms with Gasteiger partial charge in [-0.25, -0.2) is 0 Å². The number of hydrogen-bond donors (Lipinski definition) is 1. The lowest BCUT2D eigenvalue weighted by atomic mass is 10.1. The van der Waals surface area contributed by atoms with Crippen molar-refractivity contribution >= 4 is 21.7 Å². The van der Waals surface area contributed by atoms with E-state index in [2.05, 4.69) is 10.3 Å². The zero-order valence-corrected chi connectivity index (χ0v) is 16.6. The van der Waals surface area contributed by atoms with Crippen LogP contribution in [0, 0.1) is 0 Å². The third-order valence-corrected chi connectivity index (χ3v) is 5.18. The Morgan fingerprint density at radius 1 is 1.00 bits per heavy atom. The number of nitrogens with zero attached hydrogens (tertiary/aromatic N) is 1. The van der Waals surface area contributed by atoms with Crippen LogP contribution in [0.15, 0.2) is 78.0 Å². The standard InChI is InChI=1S/C21H20N2O5S/c1-2-16-12-18(27-15-21(24)23-17-8-10-22-11-9-17)14-19(13-16)28-29(25,26)20-6-4-3-5-7-20/h3-14H,2,15H2,1H3,(H,22,23,24). The van der Waals surface area contributed by atoms with Crippen LogP contribution in [0.4, 0.5) is 5.69 Å². The summed E-state index contributed by atoms with van der Waals surface area (Å²) in [5.74, 6) is 0.114. The van der Waals surface area contributed by atoms with E-state index in [9.17, 15) is 13.2 Å². The molecule has 0 aliphatic carbocycles. The molecule has 1 heterocycles. The van der Waals surface area contributed by atoms with Crippen LogP contribution in [0.2, 0.25) is 0 Å². The Kier molecular flexibility index (Phi) is 6.46. The number of anilines is 1. The van der Waals surface area contributed by atoms with Gasteiger partial charge in [-0.1, -0.05) is 25.1 Å².